The Kier molecular flexibility index (Phi) is 2.78. The molecule has 4 nitrogen and oxygen atoms in total. The maximum atomic E-state index is 11.7. The highest BCUT2D eigenvalue weighted by Crippen LogP contribution is 2.42. The molecule has 100 valence electrons. The Labute approximate surface area is 116 Å². The molecule has 0 bridgehead atoms. The molecule has 0 aliphatic heterocycles. The van der Waals surface area contributed by atoms with Crippen molar-refractivity contribution in [1.82, 2.24) is 9.78 Å². The number of carbonyl (C=O) groups is 1. The van der Waals surface area contributed by atoms with Gasteiger partial charge in [-0.3, -0.25) is 9.48 Å². The molecule has 0 radical (unpaired) electrons. The summed E-state index contributed by atoms with van der Waals surface area (Å²) in [7, 11) is 1.82. The van der Waals surface area contributed by atoms with Crippen LogP contribution in [0.5, 0.6) is 0 Å². The molecule has 19 heavy (non-hydrogen) atoms. The molecule has 0 amide bonds. The van der Waals surface area contributed by atoms with Gasteiger partial charge in [-0.1, -0.05) is 30.5 Å². The van der Waals surface area contributed by atoms with Crippen LogP contribution in [0.3, 0.4) is 0 Å². The fraction of sp³-hybridized carbons (Fsp3) is 0.429. The predicted molar refractivity (Wildman–Crippen MR) is 73.5 cm³/mol. The Morgan fingerprint density at radius 3 is 2.74 bits per heavy atom. The molecule has 1 fully saturated rings. The van der Waals surface area contributed by atoms with Crippen molar-refractivity contribution in [3.63, 3.8) is 0 Å². The van der Waals surface area contributed by atoms with E-state index in [1.807, 2.05) is 25.2 Å². The number of halogens is 1. The van der Waals surface area contributed by atoms with Gasteiger partial charge in [0.2, 0.25) is 0 Å². The molecule has 1 heterocycles. The third-order valence-electron chi connectivity index (χ3n) is 4.23. The number of rotatable bonds is 2. The second kappa shape index (κ2) is 4.23. The van der Waals surface area contributed by atoms with Gasteiger partial charge < -0.3 is 5.11 Å². The highest BCUT2D eigenvalue weighted by atomic mass is 35.5. The normalized spacial score (nSPS) is 18.0. The van der Waals surface area contributed by atoms with E-state index in [0.717, 1.165) is 29.3 Å². The summed E-state index contributed by atoms with van der Waals surface area (Å²) in [6.45, 7) is 0. The lowest BCUT2D eigenvalue weighted by molar-refractivity contribution is -0.143. The first-order chi connectivity index (χ1) is 9.04. The Bertz CT molecular complexity index is 657. The van der Waals surface area contributed by atoms with Crippen LogP contribution in [0, 0.1) is 0 Å². The SMILES string of the molecule is Cn1nc(Cl)c2ccc(C3(C(=O)O)CCCC3)cc21. The van der Waals surface area contributed by atoms with Crippen molar-refractivity contribution in [3.05, 3.63) is 28.9 Å². The van der Waals surface area contributed by atoms with E-state index < -0.39 is 11.4 Å². The molecular formula is C14H15ClN2O2. The van der Waals surface area contributed by atoms with Gasteiger partial charge in [-0.05, 0) is 30.5 Å². The number of hydrogen-bond acceptors (Lipinski definition) is 2. The minimum Gasteiger partial charge on any atom is -0.481 e. The molecule has 1 aromatic heterocycles. The molecular weight excluding hydrogens is 264 g/mol. The lowest BCUT2D eigenvalue weighted by Gasteiger charge is -2.24. The minimum absolute atomic E-state index is 0.458. The first-order valence-electron chi connectivity index (χ1n) is 6.41. The standard InChI is InChI=1S/C14H15ClN2O2/c1-17-11-8-9(4-5-10(11)12(15)16-17)14(13(18)19)6-2-3-7-14/h4-5,8H,2-3,6-7H2,1H3,(H,18,19). The maximum absolute atomic E-state index is 11.7. The zero-order valence-electron chi connectivity index (χ0n) is 10.7. The summed E-state index contributed by atoms with van der Waals surface area (Å²) >= 11 is 6.04. The monoisotopic (exact) mass is 278 g/mol. The average Bonchev–Trinajstić information content (AvgIpc) is 2.97. The molecule has 2 aromatic rings. The number of aryl methyl sites for hydroxylation is 1. The molecule has 5 heteroatoms. The van der Waals surface area contributed by atoms with E-state index in [1.165, 1.54) is 0 Å². The Morgan fingerprint density at radius 1 is 1.42 bits per heavy atom. The third kappa shape index (κ3) is 1.74. The van der Waals surface area contributed by atoms with Crippen molar-refractivity contribution in [2.75, 3.05) is 0 Å². The first kappa shape index (κ1) is 12.5. The molecule has 3 rings (SSSR count). The lowest BCUT2D eigenvalue weighted by Crippen LogP contribution is -2.32. The molecule has 1 aromatic carbocycles. The van der Waals surface area contributed by atoms with Gasteiger partial charge in [0.25, 0.3) is 0 Å². The molecule has 0 saturated heterocycles. The lowest BCUT2D eigenvalue weighted by atomic mass is 9.79. The van der Waals surface area contributed by atoms with Gasteiger partial charge >= 0.3 is 5.97 Å². The van der Waals surface area contributed by atoms with E-state index in [1.54, 1.807) is 4.68 Å². The van der Waals surface area contributed by atoms with Crippen LogP contribution in [0.4, 0.5) is 0 Å². The zero-order chi connectivity index (χ0) is 13.6. The number of fused-ring (bicyclic) bond motifs is 1. The molecule has 1 saturated carbocycles. The van der Waals surface area contributed by atoms with Crippen LogP contribution >= 0.6 is 11.6 Å². The van der Waals surface area contributed by atoms with Gasteiger partial charge in [-0.15, -0.1) is 0 Å². The topological polar surface area (TPSA) is 55.1 Å². The van der Waals surface area contributed by atoms with Gasteiger partial charge in [0.05, 0.1) is 10.9 Å². The van der Waals surface area contributed by atoms with Crippen molar-refractivity contribution in [3.8, 4) is 0 Å². The van der Waals surface area contributed by atoms with Gasteiger partial charge in [0.15, 0.2) is 5.15 Å². The second-order valence-corrected chi connectivity index (χ2v) is 5.60. The van der Waals surface area contributed by atoms with Crippen molar-refractivity contribution in [1.29, 1.82) is 0 Å². The van der Waals surface area contributed by atoms with Crippen LogP contribution in [0.1, 0.15) is 31.2 Å². The molecule has 1 N–H and O–H groups in total. The average molecular weight is 279 g/mol. The minimum atomic E-state index is -0.731. The highest BCUT2D eigenvalue weighted by molar-refractivity contribution is 6.34. The van der Waals surface area contributed by atoms with E-state index in [0.29, 0.717) is 18.0 Å². The van der Waals surface area contributed by atoms with Crippen molar-refractivity contribution in [2.45, 2.75) is 31.1 Å². The quantitative estimate of drug-likeness (QED) is 0.918. The fourth-order valence-electron chi connectivity index (χ4n) is 3.12. The van der Waals surface area contributed by atoms with E-state index in [-0.39, 0.29) is 0 Å². The molecule has 0 spiro atoms. The van der Waals surface area contributed by atoms with Gasteiger partial charge in [0.1, 0.15) is 0 Å². The summed E-state index contributed by atoms with van der Waals surface area (Å²) in [6.07, 6.45) is 3.35. The molecule has 0 atom stereocenters. The number of carboxylic acid groups (broad SMARTS) is 1. The summed E-state index contributed by atoms with van der Waals surface area (Å²) in [6, 6.07) is 5.69. The van der Waals surface area contributed by atoms with E-state index >= 15 is 0 Å². The van der Waals surface area contributed by atoms with E-state index in [9.17, 15) is 9.90 Å². The van der Waals surface area contributed by atoms with Crippen LogP contribution < -0.4 is 0 Å². The smallest absolute Gasteiger partial charge is 0.314 e. The first-order valence-corrected chi connectivity index (χ1v) is 6.78. The second-order valence-electron chi connectivity index (χ2n) is 5.24. The Morgan fingerprint density at radius 2 is 2.11 bits per heavy atom. The number of aromatic nitrogens is 2. The molecule has 0 unspecified atom stereocenters. The van der Waals surface area contributed by atoms with E-state index in [4.69, 9.17) is 11.6 Å². The van der Waals surface area contributed by atoms with Crippen LogP contribution in [-0.2, 0) is 17.3 Å². The number of hydrogen-bond donors (Lipinski definition) is 1. The van der Waals surface area contributed by atoms with Gasteiger partial charge in [-0.2, -0.15) is 5.10 Å². The summed E-state index contributed by atoms with van der Waals surface area (Å²) in [4.78, 5) is 11.7. The van der Waals surface area contributed by atoms with Crippen LogP contribution in [0.2, 0.25) is 5.15 Å². The summed E-state index contributed by atoms with van der Waals surface area (Å²) in [5.74, 6) is -0.724. The summed E-state index contributed by atoms with van der Waals surface area (Å²) in [5.41, 5.74) is 1.02. The maximum Gasteiger partial charge on any atom is 0.314 e. The Hall–Kier alpha value is -1.55. The third-order valence-corrected chi connectivity index (χ3v) is 4.50. The van der Waals surface area contributed by atoms with Gasteiger partial charge in [-0.25, -0.2) is 0 Å². The Balaban J connectivity index is 2.20. The van der Waals surface area contributed by atoms with Crippen molar-refractivity contribution >= 4 is 28.5 Å². The van der Waals surface area contributed by atoms with Crippen molar-refractivity contribution < 1.29 is 9.90 Å². The predicted octanol–water partition coefficient (Wildman–Crippen LogP) is 3.12. The molecule has 1 aliphatic carbocycles. The fourth-order valence-corrected chi connectivity index (χ4v) is 3.39. The van der Waals surface area contributed by atoms with Crippen LogP contribution in [0.25, 0.3) is 10.9 Å². The van der Waals surface area contributed by atoms with Gasteiger partial charge in [0, 0.05) is 12.4 Å². The number of aliphatic carboxylic acids is 1. The zero-order valence-corrected chi connectivity index (χ0v) is 11.4. The van der Waals surface area contributed by atoms with Crippen molar-refractivity contribution in [2.24, 2.45) is 7.05 Å². The summed E-state index contributed by atoms with van der Waals surface area (Å²) in [5, 5.41) is 15.1. The number of benzene rings is 1. The summed E-state index contributed by atoms with van der Waals surface area (Å²) < 4.78 is 1.70. The number of nitrogens with zero attached hydrogens (tertiary/aromatic N) is 2. The highest BCUT2D eigenvalue weighted by Gasteiger charge is 2.43. The largest absolute Gasteiger partial charge is 0.481 e. The number of carboxylic acids is 1. The van der Waals surface area contributed by atoms with Crippen LogP contribution in [-0.4, -0.2) is 20.9 Å². The van der Waals surface area contributed by atoms with Crippen LogP contribution in [0.15, 0.2) is 18.2 Å². The van der Waals surface area contributed by atoms with E-state index in [2.05, 4.69) is 5.10 Å². The molecule has 1 aliphatic rings.